The Morgan fingerprint density at radius 1 is 1.28 bits per heavy atom. The predicted molar refractivity (Wildman–Crippen MR) is 69.3 cm³/mol. The monoisotopic (exact) mass is 256 g/mol. The molecule has 0 aromatic carbocycles. The van der Waals surface area contributed by atoms with Crippen LogP contribution < -0.4 is 10.6 Å². The van der Waals surface area contributed by atoms with Crippen molar-refractivity contribution in [3.63, 3.8) is 0 Å². The second kappa shape index (κ2) is 8.08. The Morgan fingerprint density at radius 3 is 2.50 bits per heavy atom. The van der Waals surface area contributed by atoms with Crippen LogP contribution in [0.15, 0.2) is 0 Å². The summed E-state index contributed by atoms with van der Waals surface area (Å²) < 4.78 is 0. The van der Waals surface area contributed by atoms with E-state index < -0.39 is 12.0 Å². The molecule has 0 spiro atoms. The van der Waals surface area contributed by atoms with Crippen LogP contribution in [0.2, 0.25) is 0 Å². The molecule has 1 aliphatic carbocycles. The molecule has 5 nitrogen and oxygen atoms in total. The second-order valence-corrected chi connectivity index (χ2v) is 4.89. The fourth-order valence-corrected chi connectivity index (χ4v) is 2.47. The van der Waals surface area contributed by atoms with Gasteiger partial charge in [0.25, 0.3) is 0 Å². The SMILES string of the molecule is CCNCCC(=O)NC(C(=O)O)C1CCCCC1. The molecule has 1 amide bonds. The fourth-order valence-electron chi connectivity index (χ4n) is 2.47. The molecule has 5 heteroatoms. The van der Waals surface area contributed by atoms with Gasteiger partial charge in [-0.1, -0.05) is 26.2 Å². The van der Waals surface area contributed by atoms with Crippen molar-refractivity contribution < 1.29 is 14.7 Å². The normalized spacial score (nSPS) is 18.3. The number of carboxylic acids is 1. The van der Waals surface area contributed by atoms with Gasteiger partial charge in [-0.15, -0.1) is 0 Å². The van der Waals surface area contributed by atoms with Gasteiger partial charge in [0.1, 0.15) is 6.04 Å². The van der Waals surface area contributed by atoms with E-state index in [-0.39, 0.29) is 11.8 Å². The molecule has 3 N–H and O–H groups in total. The number of rotatable bonds is 7. The molecule has 0 bridgehead atoms. The van der Waals surface area contributed by atoms with E-state index in [0.29, 0.717) is 13.0 Å². The minimum absolute atomic E-state index is 0.0966. The van der Waals surface area contributed by atoms with E-state index in [1.54, 1.807) is 0 Å². The van der Waals surface area contributed by atoms with Gasteiger partial charge >= 0.3 is 5.97 Å². The third-order valence-electron chi connectivity index (χ3n) is 3.48. The molecular formula is C13H24N2O3. The van der Waals surface area contributed by atoms with E-state index in [9.17, 15) is 14.7 Å². The van der Waals surface area contributed by atoms with Gasteiger partial charge < -0.3 is 15.7 Å². The number of carbonyl (C=O) groups excluding carboxylic acids is 1. The second-order valence-electron chi connectivity index (χ2n) is 4.89. The average Bonchev–Trinajstić information content (AvgIpc) is 2.37. The summed E-state index contributed by atoms with van der Waals surface area (Å²) in [6.07, 6.45) is 5.47. The molecule has 1 atom stereocenters. The lowest BCUT2D eigenvalue weighted by atomic mass is 9.84. The molecule has 0 aromatic rings. The van der Waals surface area contributed by atoms with Crippen LogP contribution in [0, 0.1) is 5.92 Å². The Balaban J connectivity index is 2.41. The minimum atomic E-state index is -0.904. The first-order chi connectivity index (χ1) is 8.65. The third-order valence-corrected chi connectivity index (χ3v) is 3.48. The van der Waals surface area contributed by atoms with Crippen LogP contribution in [-0.2, 0) is 9.59 Å². The molecule has 104 valence electrons. The molecular weight excluding hydrogens is 232 g/mol. The number of carboxylic acid groups (broad SMARTS) is 1. The van der Waals surface area contributed by atoms with Gasteiger partial charge in [0, 0.05) is 13.0 Å². The number of aliphatic carboxylic acids is 1. The van der Waals surface area contributed by atoms with Gasteiger partial charge in [-0.05, 0) is 25.3 Å². The van der Waals surface area contributed by atoms with E-state index >= 15 is 0 Å². The maximum atomic E-state index is 11.7. The van der Waals surface area contributed by atoms with Crippen molar-refractivity contribution in [3.05, 3.63) is 0 Å². The highest BCUT2D eigenvalue weighted by Crippen LogP contribution is 2.26. The number of carbonyl (C=O) groups is 2. The number of hydrogen-bond donors (Lipinski definition) is 3. The highest BCUT2D eigenvalue weighted by atomic mass is 16.4. The van der Waals surface area contributed by atoms with Crippen molar-refractivity contribution in [2.75, 3.05) is 13.1 Å². The van der Waals surface area contributed by atoms with Gasteiger partial charge in [0.05, 0.1) is 0 Å². The first-order valence-electron chi connectivity index (χ1n) is 6.88. The van der Waals surface area contributed by atoms with Crippen LogP contribution in [0.5, 0.6) is 0 Å². The lowest BCUT2D eigenvalue weighted by Crippen LogP contribution is -2.47. The Labute approximate surface area is 108 Å². The average molecular weight is 256 g/mol. The largest absolute Gasteiger partial charge is 0.480 e. The minimum Gasteiger partial charge on any atom is -0.480 e. The van der Waals surface area contributed by atoms with Gasteiger partial charge in [-0.25, -0.2) is 4.79 Å². The molecule has 1 rings (SSSR count). The smallest absolute Gasteiger partial charge is 0.326 e. The summed E-state index contributed by atoms with van der Waals surface area (Å²) in [6, 6.07) is -0.709. The number of nitrogens with one attached hydrogen (secondary N) is 2. The lowest BCUT2D eigenvalue weighted by molar-refractivity contribution is -0.143. The van der Waals surface area contributed by atoms with Gasteiger partial charge in [0.2, 0.25) is 5.91 Å². The molecule has 0 heterocycles. The van der Waals surface area contributed by atoms with E-state index in [2.05, 4.69) is 10.6 Å². The number of hydrogen-bond acceptors (Lipinski definition) is 3. The Hall–Kier alpha value is -1.10. The Morgan fingerprint density at radius 2 is 1.94 bits per heavy atom. The molecule has 0 radical (unpaired) electrons. The van der Waals surface area contributed by atoms with Crippen molar-refractivity contribution in [2.45, 2.75) is 51.5 Å². The van der Waals surface area contributed by atoms with E-state index in [1.165, 1.54) is 6.42 Å². The highest BCUT2D eigenvalue weighted by molar-refractivity contribution is 5.83. The van der Waals surface area contributed by atoms with E-state index in [0.717, 1.165) is 32.2 Å². The zero-order valence-corrected chi connectivity index (χ0v) is 11.1. The summed E-state index contributed by atoms with van der Waals surface area (Å²) in [5.41, 5.74) is 0. The van der Waals surface area contributed by atoms with Crippen molar-refractivity contribution in [1.82, 2.24) is 10.6 Å². The summed E-state index contributed by atoms with van der Waals surface area (Å²) >= 11 is 0. The lowest BCUT2D eigenvalue weighted by Gasteiger charge is -2.28. The number of amides is 1. The molecule has 1 aliphatic rings. The van der Waals surface area contributed by atoms with Crippen LogP contribution in [0.3, 0.4) is 0 Å². The Bertz CT molecular complexity index is 275. The summed E-state index contributed by atoms with van der Waals surface area (Å²) in [5.74, 6) is -0.980. The molecule has 0 saturated heterocycles. The van der Waals surface area contributed by atoms with Crippen LogP contribution in [0.4, 0.5) is 0 Å². The summed E-state index contributed by atoms with van der Waals surface area (Å²) in [6.45, 7) is 3.39. The molecule has 0 aromatic heterocycles. The first-order valence-corrected chi connectivity index (χ1v) is 6.88. The molecule has 1 saturated carbocycles. The molecule has 0 aliphatic heterocycles. The van der Waals surface area contributed by atoms with Crippen LogP contribution in [0.25, 0.3) is 0 Å². The third kappa shape index (κ3) is 5.04. The fraction of sp³-hybridized carbons (Fsp3) is 0.846. The topological polar surface area (TPSA) is 78.4 Å². The van der Waals surface area contributed by atoms with Crippen molar-refractivity contribution in [3.8, 4) is 0 Å². The summed E-state index contributed by atoms with van der Waals surface area (Å²) in [5, 5.41) is 14.9. The first kappa shape index (κ1) is 15.0. The molecule has 1 fully saturated rings. The molecule has 18 heavy (non-hydrogen) atoms. The Kier molecular flexibility index (Phi) is 6.72. The van der Waals surface area contributed by atoms with Gasteiger partial charge in [-0.3, -0.25) is 4.79 Å². The quantitative estimate of drug-likeness (QED) is 0.597. The van der Waals surface area contributed by atoms with Crippen LogP contribution >= 0.6 is 0 Å². The summed E-state index contributed by atoms with van der Waals surface area (Å²) in [4.78, 5) is 22.9. The van der Waals surface area contributed by atoms with Crippen LogP contribution in [-0.4, -0.2) is 36.1 Å². The van der Waals surface area contributed by atoms with E-state index in [1.807, 2.05) is 6.92 Å². The summed E-state index contributed by atoms with van der Waals surface area (Å²) in [7, 11) is 0. The van der Waals surface area contributed by atoms with E-state index in [4.69, 9.17) is 0 Å². The van der Waals surface area contributed by atoms with Crippen molar-refractivity contribution in [2.24, 2.45) is 5.92 Å². The van der Waals surface area contributed by atoms with Gasteiger partial charge in [0.15, 0.2) is 0 Å². The van der Waals surface area contributed by atoms with Crippen molar-refractivity contribution in [1.29, 1.82) is 0 Å². The standard InChI is InChI=1S/C13H24N2O3/c1-2-14-9-8-11(16)15-12(13(17)18)10-6-4-3-5-7-10/h10,12,14H,2-9H2,1H3,(H,15,16)(H,17,18). The van der Waals surface area contributed by atoms with Crippen LogP contribution in [0.1, 0.15) is 45.4 Å². The maximum Gasteiger partial charge on any atom is 0.326 e. The van der Waals surface area contributed by atoms with Gasteiger partial charge in [-0.2, -0.15) is 0 Å². The highest BCUT2D eigenvalue weighted by Gasteiger charge is 2.30. The van der Waals surface area contributed by atoms with Crippen molar-refractivity contribution >= 4 is 11.9 Å². The predicted octanol–water partition coefficient (Wildman–Crippen LogP) is 1.14. The maximum absolute atomic E-state index is 11.7. The zero-order chi connectivity index (χ0) is 13.4. The zero-order valence-electron chi connectivity index (χ0n) is 11.1. The molecule has 1 unspecified atom stereocenters.